The van der Waals surface area contributed by atoms with Gasteiger partial charge in [0.1, 0.15) is 0 Å². The highest BCUT2D eigenvalue weighted by Gasteiger charge is 2.42. The van der Waals surface area contributed by atoms with Crippen molar-refractivity contribution in [2.24, 2.45) is 5.92 Å². The van der Waals surface area contributed by atoms with Crippen LogP contribution in [0.15, 0.2) is 30.3 Å². The van der Waals surface area contributed by atoms with Gasteiger partial charge in [0.25, 0.3) is 0 Å². The molecule has 2 unspecified atom stereocenters. The number of likely N-dealkylation sites (tertiary alicyclic amines) is 1. The van der Waals surface area contributed by atoms with Gasteiger partial charge in [-0.2, -0.15) is 13.2 Å². The SMILES string of the molecule is CC(CCC(=O)N1CCCC(C(F)(F)F)C1)c1ccccc1. The molecule has 1 amide bonds. The van der Waals surface area contributed by atoms with E-state index in [-0.39, 0.29) is 24.8 Å². The Balaban J connectivity index is 1.84. The zero-order chi connectivity index (χ0) is 16.2. The zero-order valence-corrected chi connectivity index (χ0v) is 12.8. The molecule has 1 fully saturated rings. The van der Waals surface area contributed by atoms with Crippen molar-refractivity contribution in [3.63, 3.8) is 0 Å². The van der Waals surface area contributed by atoms with E-state index >= 15 is 0 Å². The van der Waals surface area contributed by atoms with Gasteiger partial charge in [0.2, 0.25) is 5.91 Å². The molecule has 0 N–H and O–H groups in total. The lowest BCUT2D eigenvalue weighted by Gasteiger charge is -2.34. The Morgan fingerprint density at radius 3 is 2.64 bits per heavy atom. The van der Waals surface area contributed by atoms with Crippen LogP contribution in [0.2, 0.25) is 0 Å². The Labute approximate surface area is 129 Å². The number of nitrogens with zero attached hydrogens (tertiary/aromatic N) is 1. The average Bonchev–Trinajstić information content (AvgIpc) is 2.52. The number of hydrogen-bond donors (Lipinski definition) is 0. The summed E-state index contributed by atoms with van der Waals surface area (Å²) in [4.78, 5) is 13.6. The van der Waals surface area contributed by atoms with E-state index in [1.807, 2.05) is 37.3 Å². The summed E-state index contributed by atoms with van der Waals surface area (Å²) in [6, 6.07) is 9.86. The minimum Gasteiger partial charge on any atom is -0.342 e. The quantitative estimate of drug-likeness (QED) is 0.808. The predicted octanol–water partition coefficient (Wildman–Crippen LogP) is 4.37. The number of carbonyl (C=O) groups is 1. The molecular formula is C17H22F3NO. The Kier molecular flexibility index (Phi) is 5.48. The van der Waals surface area contributed by atoms with Crippen LogP contribution in [0.5, 0.6) is 0 Å². The molecule has 122 valence electrons. The zero-order valence-electron chi connectivity index (χ0n) is 12.8. The maximum atomic E-state index is 12.8. The van der Waals surface area contributed by atoms with Gasteiger partial charge >= 0.3 is 6.18 Å². The molecule has 0 bridgehead atoms. The van der Waals surface area contributed by atoms with Crippen LogP contribution < -0.4 is 0 Å². The van der Waals surface area contributed by atoms with Crippen molar-refractivity contribution in [3.05, 3.63) is 35.9 Å². The standard InChI is InChI=1S/C17H22F3NO/c1-13(14-6-3-2-4-7-14)9-10-16(22)21-11-5-8-15(12-21)17(18,19)20/h2-4,6-7,13,15H,5,8-12H2,1H3. The summed E-state index contributed by atoms with van der Waals surface area (Å²) in [5.41, 5.74) is 1.15. The molecule has 0 radical (unpaired) electrons. The molecule has 22 heavy (non-hydrogen) atoms. The fourth-order valence-corrected chi connectivity index (χ4v) is 2.92. The molecule has 2 rings (SSSR count). The van der Waals surface area contributed by atoms with Crippen LogP contribution in [0.1, 0.15) is 44.1 Å². The molecule has 1 aromatic rings. The maximum Gasteiger partial charge on any atom is 0.393 e. The van der Waals surface area contributed by atoms with E-state index < -0.39 is 12.1 Å². The average molecular weight is 313 g/mol. The minimum atomic E-state index is -4.20. The van der Waals surface area contributed by atoms with Crippen molar-refractivity contribution in [1.29, 1.82) is 0 Å². The Morgan fingerprint density at radius 1 is 1.32 bits per heavy atom. The van der Waals surface area contributed by atoms with Crippen molar-refractivity contribution >= 4 is 5.91 Å². The molecule has 1 aliphatic heterocycles. The van der Waals surface area contributed by atoms with E-state index in [2.05, 4.69) is 0 Å². The lowest BCUT2D eigenvalue weighted by atomic mass is 9.94. The second-order valence-corrected chi connectivity index (χ2v) is 6.07. The first-order chi connectivity index (χ1) is 10.4. The van der Waals surface area contributed by atoms with E-state index in [4.69, 9.17) is 0 Å². The molecule has 1 saturated heterocycles. The fraction of sp³-hybridized carbons (Fsp3) is 0.588. The molecular weight excluding hydrogens is 291 g/mol. The summed E-state index contributed by atoms with van der Waals surface area (Å²) in [5.74, 6) is -1.29. The maximum absolute atomic E-state index is 12.8. The van der Waals surface area contributed by atoms with Crippen LogP contribution >= 0.6 is 0 Å². The van der Waals surface area contributed by atoms with E-state index in [1.54, 1.807) is 0 Å². The van der Waals surface area contributed by atoms with Crippen molar-refractivity contribution in [1.82, 2.24) is 4.90 Å². The number of carbonyl (C=O) groups excluding carboxylic acids is 1. The number of alkyl halides is 3. The van der Waals surface area contributed by atoms with Crippen molar-refractivity contribution in [2.45, 2.75) is 44.7 Å². The van der Waals surface area contributed by atoms with Crippen LogP contribution in [0, 0.1) is 5.92 Å². The van der Waals surface area contributed by atoms with Crippen LogP contribution in [0.3, 0.4) is 0 Å². The van der Waals surface area contributed by atoms with Gasteiger partial charge < -0.3 is 4.90 Å². The molecule has 0 saturated carbocycles. The first kappa shape index (κ1) is 16.8. The molecule has 0 spiro atoms. The van der Waals surface area contributed by atoms with Gasteiger partial charge in [0.05, 0.1) is 5.92 Å². The summed E-state index contributed by atoms with van der Waals surface area (Å²) in [5, 5.41) is 0. The normalized spacial score (nSPS) is 20.7. The Morgan fingerprint density at radius 2 is 2.00 bits per heavy atom. The van der Waals surface area contributed by atoms with Crippen molar-refractivity contribution in [2.75, 3.05) is 13.1 Å². The second kappa shape index (κ2) is 7.16. The van der Waals surface area contributed by atoms with Crippen molar-refractivity contribution in [3.8, 4) is 0 Å². The third-order valence-corrected chi connectivity index (χ3v) is 4.40. The topological polar surface area (TPSA) is 20.3 Å². The number of rotatable bonds is 4. The highest BCUT2D eigenvalue weighted by atomic mass is 19.4. The van der Waals surface area contributed by atoms with Gasteiger partial charge in [-0.25, -0.2) is 0 Å². The van der Waals surface area contributed by atoms with E-state index in [9.17, 15) is 18.0 Å². The van der Waals surface area contributed by atoms with Gasteiger partial charge in [-0.3, -0.25) is 4.79 Å². The number of piperidine rings is 1. The van der Waals surface area contributed by atoms with E-state index in [0.717, 1.165) is 5.56 Å². The fourth-order valence-electron chi connectivity index (χ4n) is 2.92. The number of hydrogen-bond acceptors (Lipinski definition) is 1. The van der Waals surface area contributed by atoms with Gasteiger partial charge in [-0.05, 0) is 30.7 Å². The van der Waals surface area contributed by atoms with Crippen molar-refractivity contribution < 1.29 is 18.0 Å². The van der Waals surface area contributed by atoms with Crippen LogP contribution in [-0.4, -0.2) is 30.1 Å². The molecule has 2 atom stereocenters. The molecule has 2 nitrogen and oxygen atoms in total. The smallest absolute Gasteiger partial charge is 0.342 e. The summed E-state index contributed by atoms with van der Waals surface area (Å²) in [6.45, 7) is 2.31. The summed E-state index contributed by atoms with van der Waals surface area (Å²) >= 11 is 0. The highest BCUT2D eigenvalue weighted by molar-refractivity contribution is 5.76. The van der Waals surface area contributed by atoms with Gasteiger partial charge in [-0.15, -0.1) is 0 Å². The Hall–Kier alpha value is -1.52. The van der Waals surface area contributed by atoms with E-state index in [1.165, 1.54) is 4.90 Å². The molecule has 1 heterocycles. The first-order valence-corrected chi connectivity index (χ1v) is 7.77. The van der Waals surface area contributed by atoms with Crippen LogP contribution in [0.4, 0.5) is 13.2 Å². The molecule has 0 aromatic heterocycles. The molecule has 0 aliphatic carbocycles. The van der Waals surface area contributed by atoms with E-state index in [0.29, 0.717) is 25.8 Å². The summed E-state index contributed by atoms with van der Waals surface area (Å²) in [7, 11) is 0. The van der Waals surface area contributed by atoms with Crippen LogP contribution in [-0.2, 0) is 4.79 Å². The Bertz CT molecular complexity index is 486. The number of amides is 1. The minimum absolute atomic E-state index is 0.133. The molecule has 5 heteroatoms. The predicted molar refractivity (Wildman–Crippen MR) is 79.5 cm³/mol. The summed E-state index contributed by atoms with van der Waals surface area (Å²) in [6.07, 6.45) is -2.66. The lowest BCUT2D eigenvalue weighted by molar-refractivity contribution is -0.188. The largest absolute Gasteiger partial charge is 0.393 e. The molecule has 1 aromatic carbocycles. The molecule has 1 aliphatic rings. The highest BCUT2D eigenvalue weighted by Crippen LogP contribution is 2.33. The van der Waals surface area contributed by atoms with Gasteiger partial charge in [-0.1, -0.05) is 37.3 Å². The second-order valence-electron chi connectivity index (χ2n) is 6.07. The lowest BCUT2D eigenvalue weighted by Crippen LogP contribution is -2.44. The van der Waals surface area contributed by atoms with Crippen LogP contribution in [0.25, 0.3) is 0 Å². The number of benzene rings is 1. The third-order valence-electron chi connectivity index (χ3n) is 4.40. The number of halogens is 3. The first-order valence-electron chi connectivity index (χ1n) is 7.77. The monoisotopic (exact) mass is 313 g/mol. The summed E-state index contributed by atoms with van der Waals surface area (Å²) < 4.78 is 38.3. The third kappa shape index (κ3) is 4.49. The van der Waals surface area contributed by atoms with Gasteiger partial charge in [0.15, 0.2) is 0 Å². The van der Waals surface area contributed by atoms with Gasteiger partial charge in [0, 0.05) is 19.5 Å².